The van der Waals surface area contributed by atoms with Gasteiger partial charge in [-0.05, 0) is 43.0 Å². The second kappa shape index (κ2) is 7.05. The van der Waals surface area contributed by atoms with Crippen molar-refractivity contribution >= 4 is 0 Å². The van der Waals surface area contributed by atoms with Gasteiger partial charge in [0.2, 0.25) is 0 Å². The van der Waals surface area contributed by atoms with Crippen LogP contribution >= 0.6 is 0 Å². The summed E-state index contributed by atoms with van der Waals surface area (Å²) in [6, 6.07) is 6.64. The first-order chi connectivity index (χ1) is 11.8. The van der Waals surface area contributed by atoms with Crippen molar-refractivity contribution in [2.24, 2.45) is 0 Å². The largest absolute Gasteiger partial charge is 0.375 e. The Morgan fingerprint density at radius 3 is 2.88 bits per heavy atom. The SMILES string of the molecule is Cc1cc(-n2ccnc2)ccc1CN1CCO[C@H]([C@H]2CCCO2)C1. The standard InChI is InChI=1S/C19H25N3O2/c1-15-11-17(22-7-6-20-14-22)5-4-16(15)12-21-8-10-24-19(13-21)18-3-2-9-23-18/h4-7,11,14,18-19H,2-3,8-10,12-13H2,1H3/t18-,19+/m1/s1. The lowest BCUT2D eigenvalue weighted by Crippen LogP contribution is -2.47. The Labute approximate surface area is 143 Å². The predicted molar refractivity (Wildman–Crippen MR) is 92.3 cm³/mol. The Balaban J connectivity index is 1.43. The van der Waals surface area contributed by atoms with Gasteiger partial charge in [0.15, 0.2) is 0 Å². The first-order valence-corrected chi connectivity index (χ1v) is 8.83. The van der Waals surface area contributed by atoms with Crippen LogP contribution in [0.15, 0.2) is 36.9 Å². The fourth-order valence-corrected chi connectivity index (χ4v) is 3.67. The molecule has 2 saturated heterocycles. The molecule has 0 unspecified atom stereocenters. The van der Waals surface area contributed by atoms with Gasteiger partial charge in [-0.15, -0.1) is 0 Å². The molecule has 2 atom stereocenters. The van der Waals surface area contributed by atoms with Gasteiger partial charge in [-0.2, -0.15) is 0 Å². The summed E-state index contributed by atoms with van der Waals surface area (Å²) in [5.74, 6) is 0. The van der Waals surface area contributed by atoms with E-state index < -0.39 is 0 Å². The fourth-order valence-electron chi connectivity index (χ4n) is 3.67. The minimum atomic E-state index is 0.228. The molecule has 0 amide bonds. The molecule has 0 N–H and O–H groups in total. The molecule has 1 aromatic heterocycles. The Bertz CT molecular complexity index is 665. The maximum absolute atomic E-state index is 5.95. The molecule has 2 aromatic rings. The third-order valence-corrected chi connectivity index (χ3v) is 5.08. The lowest BCUT2D eigenvalue weighted by atomic mass is 10.1. The first kappa shape index (κ1) is 15.8. The highest BCUT2D eigenvalue weighted by molar-refractivity contribution is 5.40. The molecular weight excluding hydrogens is 302 g/mol. The summed E-state index contributed by atoms with van der Waals surface area (Å²) in [6.07, 6.45) is 8.44. The van der Waals surface area contributed by atoms with Crippen molar-refractivity contribution in [1.29, 1.82) is 0 Å². The normalized spacial score (nSPS) is 25.2. The minimum Gasteiger partial charge on any atom is -0.375 e. The monoisotopic (exact) mass is 327 g/mol. The van der Waals surface area contributed by atoms with Crippen LogP contribution in [-0.2, 0) is 16.0 Å². The topological polar surface area (TPSA) is 39.5 Å². The molecule has 0 radical (unpaired) electrons. The van der Waals surface area contributed by atoms with Crippen LogP contribution in [-0.4, -0.2) is 53.0 Å². The molecule has 4 rings (SSSR count). The van der Waals surface area contributed by atoms with Gasteiger partial charge in [0.05, 0.1) is 25.1 Å². The van der Waals surface area contributed by atoms with Gasteiger partial charge in [0.25, 0.3) is 0 Å². The van der Waals surface area contributed by atoms with Crippen molar-refractivity contribution in [2.45, 2.75) is 38.5 Å². The molecule has 0 spiro atoms. The predicted octanol–water partition coefficient (Wildman–Crippen LogP) is 2.56. The van der Waals surface area contributed by atoms with Crippen molar-refractivity contribution in [3.8, 4) is 5.69 Å². The number of morpholine rings is 1. The number of hydrogen-bond donors (Lipinski definition) is 0. The van der Waals surface area contributed by atoms with Gasteiger partial charge in [-0.25, -0.2) is 4.98 Å². The Hall–Kier alpha value is -1.69. The van der Waals surface area contributed by atoms with Crippen LogP contribution in [0.3, 0.4) is 0 Å². The zero-order valence-corrected chi connectivity index (χ0v) is 14.2. The van der Waals surface area contributed by atoms with Gasteiger partial charge in [0.1, 0.15) is 0 Å². The molecule has 0 bridgehead atoms. The number of aryl methyl sites for hydroxylation is 1. The molecular formula is C19H25N3O2. The molecule has 24 heavy (non-hydrogen) atoms. The summed E-state index contributed by atoms with van der Waals surface area (Å²) in [6.45, 7) is 6.81. The average molecular weight is 327 g/mol. The van der Waals surface area contributed by atoms with E-state index in [1.54, 1.807) is 0 Å². The summed E-state index contributed by atoms with van der Waals surface area (Å²) >= 11 is 0. The van der Waals surface area contributed by atoms with Crippen LogP contribution in [0.4, 0.5) is 0 Å². The summed E-state index contributed by atoms with van der Waals surface area (Å²) in [4.78, 5) is 6.61. The number of hydrogen-bond acceptors (Lipinski definition) is 4. The van der Waals surface area contributed by atoms with E-state index in [4.69, 9.17) is 9.47 Å². The van der Waals surface area contributed by atoms with Crippen LogP contribution in [0, 0.1) is 6.92 Å². The molecule has 1 aromatic carbocycles. The third kappa shape index (κ3) is 3.38. The van der Waals surface area contributed by atoms with E-state index in [1.807, 2.05) is 23.3 Å². The quantitative estimate of drug-likeness (QED) is 0.865. The number of nitrogens with zero attached hydrogens (tertiary/aromatic N) is 3. The van der Waals surface area contributed by atoms with Crippen LogP contribution in [0.2, 0.25) is 0 Å². The van der Waals surface area contributed by atoms with Crippen LogP contribution < -0.4 is 0 Å². The van der Waals surface area contributed by atoms with Gasteiger partial charge in [-0.1, -0.05) is 6.07 Å². The van der Waals surface area contributed by atoms with Gasteiger partial charge in [-0.3, -0.25) is 4.90 Å². The maximum Gasteiger partial charge on any atom is 0.0991 e. The summed E-state index contributed by atoms with van der Waals surface area (Å²) in [5.41, 5.74) is 3.86. The molecule has 128 valence electrons. The van der Waals surface area contributed by atoms with Gasteiger partial charge >= 0.3 is 0 Å². The molecule has 5 heteroatoms. The number of aromatic nitrogens is 2. The van der Waals surface area contributed by atoms with Crippen LogP contribution in [0.25, 0.3) is 5.69 Å². The summed E-state index contributed by atoms with van der Waals surface area (Å²) < 4.78 is 13.8. The molecule has 5 nitrogen and oxygen atoms in total. The zero-order chi connectivity index (χ0) is 16.4. The smallest absolute Gasteiger partial charge is 0.0991 e. The molecule has 0 saturated carbocycles. The minimum absolute atomic E-state index is 0.228. The van der Waals surface area contributed by atoms with Crippen molar-refractivity contribution in [3.05, 3.63) is 48.0 Å². The van der Waals surface area contributed by atoms with E-state index in [-0.39, 0.29) is 12.2 Å². The number of ether oxygens (including phenoxy) is 2. The first-order valence-electron chi connectivity index (χ1n) is 8.83. The summed E-state index contributed by atoms with van der Waals surface area (Å²) in [5, 5.41) is 0. The van der Waals surface area contributed by atoms with E-state index in [0.29, 0.717) is 0 Å². The van der Waals surface area contributed by atoms with Crippen molar-refractivity contribution in [2.75, 3.05) is 26.3 Å². The molecule has 2 aliphatic rings. The third-order valence-electron chi connectivity index (χ3n) is 5.08. The molecule has 0 aliphatic carbocycles. The Morgan fingerprint density at radius 2 is 2.12 bits per heavy atom. The molecule has 2 fully saturated rings. The van der Waals surface area contributed by atoms with E-state index in [0.717, 1.165) is 45.0 Å². The highest BCUT2D eigenvalue weighted by Crippen LogP contribution is 2.23. The fraction of sp³-hybridized carbons (Fsp3) is 0.526. The van der Waals surface area contributed by atoms with Gasteiger partial charge < -0.3 is 14.0 Å². The van der Waals surface area contributed by atoms with E-state index >= 15 is 0 Å². The van der Waals surface area contributed by atoms with Crippen molar-refractivity contribution in [1.82, 2.24) is 14.5 Å². The number of benzene rings is 1. The lowest BCUT2D eigenvalue weighted by Gasteiger charge is -2.35. The van der Waals surface area contributed by atoms with Gasteiger partial charge in [0, 0.05) is 44.3 Å². The molecule has 2 aliphatic heterocycles. The van der Waals surface area contributed by atoms with E-state index in [2.05, 4.69) is 35.0 Å². The number of imidazole rings is 1. The highest BCUT2D eigenvalue weighted by atomic mass is 16.5. The zero-order valence-electron chi connectivity index (χ0n) is 14.2. The summed E-state index contributed by atoms with van der Waals surface area (Å²) in [7, 11) is 0. The van der Waals surface area contributed by atoms with E-state index in [1.165, 1.54) is 17.5 Å². The molecule has 3 heterocycles. The van der Waals surface area contributed by atoms with Crippen LogP contribution in [0.5, 0.6) is 0 Å². The average Bonchev–Trinajstić information content (AvgIpc) is 3.31. The Kier molecular flexibility index (Phi) is 4.65. The Morgan fingerprint density at radius 1 is 1.21 bits per heavy atom. The second-order valence-corrected chi connectivity index (χ2v) is 6.78. The van der Waals surface area contributed by atoms with Crippen molar-refractivity contribution < 1.29 is 9.47 Å². The van der Waals surface area contributed by atoms with Crippen LogP contribution in [0.1, 0.15) is 24.0 Å². The highest BCUT2D eigenvalue weighted by Gasteiger charge is 2.31. The van der Waals surface area contributed by atoms with Crippen molar-refractivity contribution in [3.63, 3.8) is 0 Å². The lowest BCUT2D eigenvalue weighted by molar-refractivity contribution is -0.0960. The second-order valence-electron chi connectivity index (χ2n) is 6.78. The maximum atomic E-state index is 5.95. The van der Waals surface area contributed by atoms with E-state index in [9.17, 15) is 0 Å². The number of rotatable bonds is 4.